The van der Waals surface area contributed by atoms with Crippen LogP contribution in [0.5, 0.6) is 0 Å². The maximum absolute atomic E-state index is 12.5. The van der Waals surface area contributed by atoms with Crippen molar-refractivity contribution in [1.29, 1.82) is 0 Å². The van der Waals surface area contributed by atoms with Gasteiger partial charge in [0.15, 0.2) is 5.82 Å². The van der Waals surface area contributed by atoms with Crippen LogP contribution in [-0.2, 0) is 11.3 Å². The average molecular weight is 389 g/mol. The van der Waals surface area contributed by atoms with Crippen LogP contribution in [0.3, 0.4) is 0 Å². The van der Waals surface area contributed by atoms with Crippen LogP contribution in [0.2, 0.25) is 0 Å². The van der Waals surface area contributed by atoms with Crippen molar-refractivity contribution >= 4 is 16.9 Å². The number of fused-ring (bicyclic) bond motifs is 1. The Kier molecular flexibility index (Phi) is 4.53. The maximum Gasteiger partial charge on any atom is 0.257 e. The van der Waals surface area contributed by atoms with E-state index in [1.54, 1.807) is 23.4 Å². The van der Waals surface area contributed by atoms with Gasteiger partial charge in [0, 0.05) is 24.2 Å². The molecule has 1 saturated heterocycles. The number of nitrogens with zero attached hydrogens (tertiary/aromatic N) is 5. The quantitative estimate of drug-likeness (QED) is 0.533. The Morgan fingerprint density at radius 3 is 2.66 bits per heavy atom. The Morgan fingerprint density at radius 2 is 1.83 bits per heavy atom. The Morgan fingerprint density at radius 1 is 1.03 bits per heavy atom. The summed E-state index contributed by atoms with van der Waals surface area (Å²) >= 11 is 0. The normalized spacial score (nSPS) is 14.4. The summed E-state index contributed by atoms with van der Waals surface area (Å²) in [5, 5.41) is 4.08. The third-order valence-corrected chi connectivity index (χ3v) is 4.98. The summed E-state index contributed by atoms with van der Waals surface area (Å²) in [7, 11) is 0. The average Bonchev–Trinajstić information content (AvgIpc) is 3.42. The van der Waals surface area contributed by atoms with Crippen molar-refractivity contribution in [1.82, 2.24) is 24.6 Å². The Bertz CT molecular complexity index is 1140. The number of carbonyl (C=O) groups excluding carboxylic acids is 1. The first-order valence-electron chi connectivity index (χ1n) is 9.48. The molecule has 0 aliphatic carbocycles. The molecule has 0 atom stereocenters. The molecule has 5 rings (SSSR count). The molecule has 0 spiro atoms. The summed E-state index contributed by atoms with van der Waals surface area (Å²) in [6.45, 7) is 2.88. The standard InChI is InChI=1S/C21H19N5O3/c27-21(25-9-11-28-12-10-25)16-7-5-15(6-8-16)20-23-19(24-29-20)13-26-14-22-17-3-1-2-4-18(17)26/h1-8,14H,9-13H2. The summed E-state index contributed by atoms with van der Waals surface area (Å²) in [6, 6.07) is 15.2. The van der Waals surface area contributed by atoms with Gasteiger partial charge >= 0.3 is 0 Å². The van der Waals surface area contributed by atoms with Crippen LogP contribution in [0.4, 0.5) is 0 Å². The van der Waals surface area contributed by atoms with E-state index in [1.807, 2.05) is 41.0 Å². The van der Waals surface area contributed by atoms with E-state index in [0.717, 1.165) is 16.6 Å². The van der Waals surface area contributed by atoms with Crippen molar-refractivity contribution in [3.63, 3.8) is 0 Å². The lowest BCUT2D eigenvalue weighted by Crippen LogP contribution is -2.40. The van der Waals surface area contributed by atoms with Crippen LogP contribution >= 0.6 is 0 Å². The molecule has 1 aliphatic heterocycles. The van der Waals surface area contributed by atoms with Gasteiger partial charge in [0.25, 0.3) is 11.8 Å². The Balaban J connectivity index is 1.32. The summed E-state index contributed by atoms with van der Waals surface area (Å²) in [5.41, 5.74) is 3.36. The van der Waals surface area contributed by atoms with Gasteiger partial charge in [0.2, 0.25) is 0 Å². The minimum atomic E-state index is 0.0121. The third-order valence-electron chi connectivity index (χ3n) is 4.98. The molecule has 8 nitrogen and oxygen atoms in total. The number of para-hydroxylation sites is 2. The van der Waals surface area contributed by atoms with Crippen LogP contribution in [0.1, 0.15) is 16.2 Å². The van der Waals surface area contributed by atoms with Gasteiger partial charge in [-0.1, -0.05) is 17.3 Å². The molecule has 1 fully saturated rings. The monoisotopic (exact) mass is 389 g/mol. The second-order valence-electron chi connectivity index (χ2n) is 6.86. The number of hydrogen-bond acceptors (Lipinski definition) is 6. The van der Waals surface area contributed by atoms with Gasteiger partial charge in [-0.25, -0.2) is 4.98 Å². The minimum absolute atomic E-state index is 0.0121. The van der Waals surface area contributed by atoms with E-state index in [9.17, 15) is 4.79 Å². The number of rotatable bonds is 4. The van der Waals surface area contributed by atoms with Crippen molar-refractivity contribution in [2.45, 2.75) is 6.54 Å². The molecule has 2 aromatic heterocycles. The first-order valence-corrected chi connectivity index (χ1v) is 9.48. The summed E-state index contributed by atoms with van der Waals surface area (Å²) in [4.78, 5) is 23.2. The zero-order chi connectivity index (χ0) is 19.6. The SMILES string of the molecule is O=C(c1ccc(-c2nc(Cn3cnc4ccccc43)no2)cc1)N1CCOCC1. The molecule has 0 radical (unpaired) electrons. The first kappa shape index (κ1) is 17.6. The summed E-state index contributed by atoms with van der Waals surface area (Å²) in [6.07, 6.45) is 1.77. The number of morpholine rings is 1. The number of imidazole rings is 1. The number of benzene rings is 2. The lowest BCUT2D eigenvalue weighted by atomic mass is 10.1. The highest BCUT2D eigenvalue weighted by atomic mass is 16.5. The number of aromatic nitrogens is 4. The maximum atomic E-state index is 12.5. The van der Waals surface area contributed by atoms with Gasteiger partial charge in [-0.05, 0) is 36.4 Å². The molecule has 0 N–H and O–H groups in total. The zero-order valence-corrected chi connectivity index (χ0v) is 15.7. The molecule has 8 heteroatoms. The third kappa shape index (κ3) is 3.50. The van der Waals surface area contributed by atoms with E-state index < -0.39 is 0 Å². The number of hydrogen-bond donors (Lipinski definition) is 0. The van der Waals surface area contributed by atoms with Crippen molar-refractivity contribution < 1.29 is 14.1 Å². The van der Waals surface area contributed by atoms with E-state index in [0.29, 0.717) is 50.1 Å². The molecule has 4 aromatic rings. The molecule has 1 amide bonds. The number of carbonyl (C=O) groups is 1. The van der Waals surface area contributed by atoms with Crippen LogP contribution in [0, 0.1) is 0 Å². The summed E-state index contributed by atoms with van der Waals surface area (Å²) in [5.74, 6) is 1.00. The second kappa shape index (κ2) is 7.48. The lowest BCUT2D eigenvalue weighted by molar-refractivity contribution is 0.0303. The zero-order valence-electron chi connectivity index (χ0n) is 15.7. The van der Waals surface area contributed by atoms with Crippen molar-refractivity contribution in [2.24, 2.45) is 0 Å². The van der Waals surface area contributed by atoms with Gasteiger partial charge in [0.05, 0.1) is 37.1 Å². The highest BCUT2D eigenvalue weighted by Crippen LogP contribution is 2.20. The highest BCUT2D eigenvalue weighted by molar-refractivity contribution is 5.94. The Hall–Kier alpha value is -3.52. The lowest BCUT2D eigenvalue weighted by Gasteiger charge is -2.26. The van der Waals surface area contributed by atoms with Gasteiger partial charge in [-0.3, -0.25) is 4.79 Å². The molecular formula is C21H19N5O3. The van der Waals surface area contributed by atoms with Crippen molar-refractivity contribution in [3.05, 3.63) is 66.2 Å². The fourth-order valence-corrected chi connectivity index (χ4v) is 3.43. The Labute approximate surface area is 166 Å². The van der Waals surface area contributed by atoms with E-state index in [1.165, 1.54) is 0 Å². The largest absolute Gasteiger partial charge is 0.378 e. The molecule has 3 heterocycles. The molecule has 146 valence electrons. The first-order chi connectivity index (χ1) is 14.3. The minimum Gasteiger partial charge on any atom is -0.378 e. The van der Waals surface area contributed by atoms with E-state index in [-0.39, 0.29) is 5.91 Å². The van der Waals surface area contributed by atoms with Gasteiger partial charge in [0.1, 0.15) is 0 Å². The van der Waals surface area contributed by atoms with Crippen LogP contribution in [0.25, 0.3) is 22.5 Å². The van der Waals surface area contributed by atoms with Crippen molar-refractivity contribution in [3.8, 4) is 11.5 Å². The van der Waals surface area contributed by atoms with E-state index in [4.69, 9.17) is 9.26 Å². The molecular weight excluding hydrogens is 370 g/mol. The van der Waals surface area contributed by atoms with Gasteiger partial charge < -0.3 is 18.7 Å². The fourth-order valence-electron chi connectivity index (χ4n) is 3.43. The van der Waals surface area contributed by atoms with Crippen LogP contribution < -0.4 is 0 Å². The smallest absolute Gasteiger partial charge is 0.257 e. The fraction of sp³-hybridized carbons (Fsp3) is 0.238. The molecule has 0 unspecified atom stereocenters. The van der Waals surface area contributed by atoms with Gasteiger partial charge in [-0.15, -0.1) is 0 Å². The topological polar surface area (TPSA) is 86.3 Å². The highest BCUT2D eigenvalue weighted by Gasteiger charge is 2.19. The molecule has 0 bridgehead atoms. The number of amides is 1. The molecule has 0 saturated carbocycles. The van der Waals surface area contributed by atoms with Crippen LogP contribution in [0.15, 0.2) is 59.4 Å². The van der Waals surface area contributed by atoms with Crippen LogP contribution in [-0.4, -0.2) is 56.8 Å². The predicted octanol–water partition coefficient (Wildman–Crippen LogP) is 2.61. The summed E-state index contributed by atoms with van der Waals surface area (Å²) < 4.78 is 12.7. The van der Waals surface area contributed by atoms with Crippen molar-refractivity contribution in [2.75, 3.05) is 26.3 Å². The predicted molar refractivity (Wildman–Crippen MR) is 105 cm³/mol. The van der Waals surface area contributed by atoms with E-state index in [2.05, 4.69) is 15.1 Å². The molecule has 1 aliphatic rings. The molecule has 29 heavy (non-hydrogen) atoms. The van der Waals surface area contributed by atoms with E-state index >= 15 is 0 Å². The van der Waals surface area contributed by atoms with Gasteiger partial charge in [-0.2, -0.15) is 4.98 Å². The second-order valence-corrected chi connectivity index (χ2v) is 6.86. The molecule has 2 aromatic carbocycles. The number of ether oxygens (including phenoxy) is 1.